The van der Waals surface area contributed by atoms with Gasteiger partial charge in [0.2, 0.25) is 0 Å². The van der Waals surface area contributed by atoms with Gasteiger partial charge in [0.1, 0.15) is 0 Å². The molecule has 2 radical (unpaired) electrons. The van der Waals surface area contributed by atoms with Crippen LogP contribution in [0.3, 0.4) is 0 Å². The first-order valence-electron chi connectivity index (χ1n) is 9.39. The second-order valence-electron chi connectivity index (χ2n) is 7.06. The van der Waals surface area contributed by atoms with Crippen molar-refractivity contribution in [2.45, 2.75) is 51.2 Å². The molecule has 0 unspecified atom stereocenters. The Bertz CT molecular complexity index is 693. The zero-order valence-corrected chi connectivity index (χ0v) is 18.6. The van der Waals surface area contributed by atoms with Crippen LogP contribution in [0.4, 0.5) is 17.3 Å². The van der Waals surface area contributed by atoms with Gasteiger partial charge in [0.05, 0.1) is 0 Å². The van der Waals surface area contributed by atoms with Crippen molar-refractivity contribution < 1.29 is 17.3 Å². The van der Waals surface area contributed by atoms with Crippen LogP contribution in [0.1, 0.15) is 43.2 Å². The predicted molar refractivity (Wildman–Crippen MR) is 104 cm³/mol. The molecular weight excluding hydrogens is 550 g/mol. The van der Waals surface area contributed by atoms with Crippen LogP contribution in [0.25, 0.3) is 0 Å². The van der Waals surface area contributed by atoms with Crippen LogP contribution >= 0.6 is 0 Å². The van der Waals surface area contributed by atoms with Gasteiger partial charge in [0, 0.05) is 0 Å². The minimum absolute atomic E-state index is 0.755. The topological polar surface area (TPSA) is 3.24 Å². The molecule has 1 heterocycles. The van der Waals surface area contributed by atoms with E-state index >= 15 is 0 Å². The molecule has 144 valence electrons. The SMILES string of the molecule is F[B-](F)(F)F.c1cc[c]2c(c1)CN(C1CCCCC1)Cc1cccc[c]1[Bi+]2. The second-order valence-corrected chi connectivity index (χ2v) is 11.7. The summed E-state index contributed by atoms with van der Waals surface area (Å²) in [5.41, 5.74) is 3.22. The van der Waals surface area contributed by atoms with Gasteiger partial charge in [-0.25, -0.2) is 0 Å². The first kappa shape index (κ1) is 20.8. The van der Waals surface area contributed by atoms with Crippen molar-refractivity contribution in [3.63, 3.8) is 0 Å². The van der Waals surface area contributed by atoms with Crippen molar-refractivity contribution in [1.82, 2.24) is 4.90 Å². The normalized spacial score (nSPS) is 18.4. The summed E-state index contributed by atoms with van der Waals surface area (Å²) in [6, 6.07) is 19.3. The third-order valence-corrected chi connectivity index (χ3v) is 10.3. The van der Waals surface area contributed by atoms with E-state index in [-0.39, 0.29) is 0 Å². The zero-order chi connectivity index (χ0) is 19.3. The number of hydrogen-bond donors (Lipinski definition) is 0. The third kappa shape index (κ3) is 6.57. The van der Waals surface area contributed by atoms with Crippen molar-refractivity contribution in [1.29, 1.82) is 0 Å². The molecule has 2 aliphatic rings. The molecule has 0 saturated heterocycles. The standard InChI is InChI=1S/C20H23N.BF4.Bi/c1-4-10-18(11-5-1)16-21(20-14-8-3-9-15-20)17-19-12-6-2-7-13-19;2-1(3,4)5;/h1-2,4-7,10,12,20H,3,8-9,14-17H2;;/q;-1;+1. The van der Waals surface area contributed by atoms with E-state index in [2.05, 4.69) is 53.4 Å². The number of halogens is 4. The molecule has 1 aliphatic heterocycles. The van der Waals surface area contributed by atoms with Gasteiger partial charge in [-0.3, -0.25) is 0 Å². The van der Waals surface area contributed by atoms with Gasteiger partial charge in [-0.15, -0.1) is 0 Å². The van der Waals surface area contributed by atoms with Crippen LogP contribution < -0.4 is 6.54 Å². The fourth-order valence-electron chi connectivity index (χ4n) is 3.83. The molecule has 7 heteroatoms. The average Bonchev–Trinajstić information content (AvgIpc) is 2.61. The van der Waals surface area contributed by atoms with Crippen molar-refractivity contribution in [2.75, 3.05) is 0 Å². The zero-order valence-electron chi connectivity index (χ0n) is 15.1. The van der Waals surface area contributed by atoms with E-state index in [0.29, 0.717) is 0 Å². The predicted octanol–water partition coefficient (Wildman–Crippen LogP) is 4.29. The molecule has 1 saturated carbocycles. The van der Waals surface area contributed by atoms with E-state index in [1.54, 1.807) is 17.7 Å². The Morgan fingerprint density at radius 3 is 1.67 bits per heavy atom. The summed E-state index contributed by atoms with van der Waals surface area (Å²) in [6.07, 6.45) is 7.06. The van der Waals surface area contributed by atoms with Crippen LogP contribution in [0.2, 0.25) is 0 Å². The number of hydrogen-bond acceptors (Lipinski definition) is 1. The van der Waals surface area contributed by atoms with Crippen LogP contribution in [-0.2, 0) is 13.1 Å². The molecule has 0 atom stereocenters. The Balaban J connectivity index is 0.000000376. The van der Waals surface area contributed by atoms with E-state index in [1.807, 2.05) is 0 Å². The molecule has 0 bridgehead atoms. The first-order chi connectivity index (χ1) is 12.9. The van der Waals surface area contributed by atoms with E-state index < -0.39 is 30.5 Å². The maximum absolute atomic E-state index is 9.75. The van der Waals surface area contributed by atoms with Crippen molar-refractivity contribution in [2.24, 2.45) is 0 Å². The number of benzene rings is 2. The molecule has 1 aliphatic carbocycles. The van der Waals surface area contributed by atoms with Crippen molar-refractivity contribution in [3.8, 4) is 0 Å². The monoisotopic (exact) mass is 573 g/mol. The number of rotatable bonds is 1. The Morgan fingerprint density at radius 1 is 0.741 bits per heavy atom. The van der Waals surface area contributed by atoms with Gasteiger partial charge in [-0.05, 0) is 0 Å². The van der Waals surface area contributed by atoms with Gasteiger partial charge in [0.25, 0.3) is 0 Å². The molecular formula is C20H23BBiF4N. The van der Waals surface area contributed by atoms with Crippen LogP contribution in [0.5, 0.6) is 0 Å². The van der Waals surface area contributed by atoms with Gasteiger partial charge >= 0.3 is 153 Å². The molecule has 0 amide bonds. The molecule has 2 aromatic carbocycles. The average molecular weight is 573 g/mol. The number of nitrogens with zero attached hydrogens (tertiary/aromatic N) is 1. The first-order valence-corrected chi connectivity index (χ1v) is 12.9. The molecule has 27 heavy (non-hydrogen) atoms. The molecule has 1 nitrogen and oxygen atoms in total. The summed E-state index contributed by atoms with van der Waals surface area (Å²) < 4.78 is 42.4. The molecule has 2 aromatic rings. The summed E-state index contributed by atoms with van der Waals surface area (Å²) >= 11 is -0.755. The van der Waals surface area contributed by atoms with Gasteiger partial charge in [-0.2, -0.15) is 0 Å². The van der Waals surface area contributed by atoms with Gasteiger partial charge in [-0.1, -0.05) is 0 Å². The van der Waals surface area contributed by atoms with Gasteiger partial charge in [0.15, 0.2) is 0 Å². The quantitative estimate of drug-likeness (QED) is 0.364. The van der Waals surface area contributed by atoms with E-state index in [9.17, 15) is 17.3 Å². The molecule has 0 aromatic heterocycles. The van der Waals surface area contributed by atoms with E-state index in [1.165, 1.54) is 45.2 Å². The summed E-state index contributed by atoms with van der Waals surface area (Å²) in [5, 5.41) is 0. The van der Waals surface area contributed by atoms with Crippen LogP contribution in [-0.4, -0.2) is 41.4 Å². The Labute approximate surface area is 169 Å². The molecule has 0 spiro atoms. The fourth-order valence-corrected chi connectivity index (χ4v) is 8.34. The van der Waals surface area contributed by atoms with Crippen molar-refractivity contribution in [3.05, 3.63) is 59.7 Å². The van der Waals surface area contributed by atoms with Crippen molar-refractivity contribution >= 4 is 37.0 Å². The Hall–Kier alpha value is -0.932. The maximum atomic E-state index is 9.75. The summed E-state index contributed by atoms with van der Waals surface area (Å²) in [4.78, 5) is 2.77. The summed E-state index contributed by atoms with van der Waals surface area (Å²) in [6.45, 7) is 2.33. The minimum atomic E-state index is -6.00. The Morgan fingerprint density at radius 2 is 1.19 bits per heavy atom. The second kappa shape index (κ2) is 9.51. The summed E-state index contributed by atoms with van der Waals surface area (Å²) in [5.74, 6) is 0. The molecule has 0 N–H and O–H groups in total. The van der Waals surface area contributed by atoms with Crippen LogP contribution in [0, 0.1) is 0 Å². The fraction of sp³-hybridized carbons (Fsp3) is 0.400. The molecule has 4 rings (SSSR count). The van der Waals surface area contributed by atoms with Gasteiger partial charge < -0.3 is 17.3 Å². The third-order valence-electron chi connectivity index (χ3n) is 5.06. The van der Waals surface area contributed by atoms with E-state index in [0.717, 1.165) is 6.04 Å². The van der Waals surface area contributed by atoms with E-state index in [4.69, 9.17) is 0 Å². The Kier molecular flexibility index (Phi) is 7.33. The van der Waals surface area contributed by atoms with Crippen LogP contribution in [0.15, 0.2) is 48.5 Å². The summed E-state index contributed by atoms with van der Waals surface area (Å²) in [7, 11) is -6.00. The molecule has 1 fully saturated rings. The number of fused-ring (bicyclic) bond motifs is 2.